The van der Waals surface area contributed by atoms with Gasteiger partial charge in [-0.25, -0.2) is 4.79 Å². The Kier molecular flexibility index (Phi) is 5.60. The van der Waals surface area contributed by atoms with E-state index in [4.69, 9.17) is 21.1 Å². The second-order valence-corrected chi connectivity index (χ2v) is 5.14. The van der Waals surface area contributed by atoms with Gasteiger partial charge in [0.25, 0.3) is 5.91 Å². The Hall–Kier alpha value is -2.53. The third-order valence-electron chi connectivity index (χ3n) is 3.21. The number of para-hydroxylation sites is 1. The van der Waals surface area contributed by atoms with Gasteiger partial charge in [-0.15, -0.1) is 0 Å². The van der Waals surface area contributed by atoms with Gasteiger partial charge in [-0.1, -0.05) is 29.8 Å². The summed E-state index contributed by atoms with van der Waals surface area (Å²) < 4.78 is 10.1. The minimum Gasteiger partial charge on any atom is -0.482 e. The summed E-state index contributed by atoms with van der Waals surface area (Å²) in [6.07, 6.45) is 0. The van der Waals surface area contributed by atoms with Gasteiger partial charge < -0.3 is 14.8 Å². The highest BCUT2D eigenvalue weighted by molar-refractivity contribution is 6.32. The molecule has 2 aromatic rings. The topological polar surface area (TPSA) is 64.6 Å². The molecule has 0 bridgehead atoms. The maximum atomic E-state index is 12.0. The Morgan fingerprint density at radius 2 is 1.87 bits per heavy atom. The third kappa shape index (κ3) is 4.23. The van der Waals surface area contributed by atoms with E-state index in [-0.39, 0.29) is 12.5 Å². The number of carbonyl (C=O) groups is 2. The minimum absolute atomic E-state index is 0.189. The highest BCUT2D eigenvalue weighted by Crippen LogP contribution is 2.23. The summed E-state index contributed by atoms with van der Waals surface area (Å²) in [6, 6.07) is 11.9. The standard InChI is InChI=1S/C17H16ClNO4/c1-11-12(17(21)22-2)6-5-8-14(11)19-16(20)10-23-15-9-4-3-7-13(15)18/h3-9H,10H2,1-2H3,(H,19,20). The molecule has 0 atom stereocenters. The molecule has 23 heavy (non-hydrogen) atoms. The van der Waals surface area contributed by atoms with Gasteiger partial charge in [0.05, 0.1) is 17.7 Å². The van der Waals surface area contributed by atoms with Crippen LogP contribution in [-0.4, -0.2) is 25.6 Å². The summed E-state index contributed by atoms with van der Waals surface area (Å²) in [5, 5.41) is 3.14. The maximum Gasteiger partial charge on any atom is 0.338 e. The molecule has 1 amide bonds. The Morgan fingerprint density at radius 1 is 1.13 bits per heavy atom. The molecular formula is C17H16ClNO4. The van der Waals surface area contributed by atoms with E-state index in [1.54, 1.807) is 49.4 Å². The lowest BCUT2D eigenvalue weighted by Crippen LogP contribution is -2.21. The molecule has 0 spiro atoms. The molecular weight excluding hydrogens is 318 g/mol. The summed E-state index contributed by atoms with van der Waals surface area (Å²) in [4.78, 5) is 23.7. The number of hydrogen-bond acceptors (Lipinski definition) is 4. The third-order valence-corrected chi connectivity index (χ3v) is 3.52. The number of amides is 1. The summed E-state index contributed by atoms with van der Waals surface area (Å²) in [6.45, 7) is 1.54. The van der Waals surface area contributed by atoms with Gasteiger partial charge in [0, 0.05) is 5.69 Å². The van der Waals surface area contributed by atoms with E-state index in [0.29, 0.717) is 27.6 Å². The van der Waals surface area contributed by atoms with E-state index in [9.17, 15) is 9.59 Å². The molecule has 0 unspecified atom stereocenters. The molecule has 0 aliphatic carbocycles. The Morgan fingerprint density at radius 3 is 2.57 bits per heavy atom. The predicted molar refractivity (Wildman–Crippen MR) is 88.1 cm³/mol. The van der Waals surface area contributed by atoms with Crippen LogP contribution in [0.1, 0.15) is 15.9 Å². The summed E-state index contributed by atoms with van der Waals surface area (Å²) in [5.74, 6) is -0.370. The predicted octanol–water partition coefficient (Wildman–Crippen LogP) is 3.45. The molecule has 120 valence electrons. The Labute approximate surface area is 139 Å². The highest BCUT2D eigenvalue weighted by atomic mass is 35.5. The van der Waals surface area contributed by atoms with Gasteiger partial charge in [-0.05, 0) is 36.8 Å². The van der Waals surface area contributed by atoms with Gasteiger partial charge in [0.15, 0.2) is 6.61 Å². The van der Waals surface area contributed by atoms with Crippen LogP contribution in [0.2, 0.25) is 5.02 Å². The molecule has 0 saturated heterocycles. The normalized spacial score (nSPS) is 10.0. The van der Waals surface area contributed by atoms with Crippen molar-refractivity contribution in [2.45, 2.75) is 6.92 Å². The first-order chi connectivity index (χ1) is 11.0. The van der Waals surface area contributed by atoms with Crippen molar-refractivity contribution in [3.63, 3.8) is 0 Å². The largest absolute Gasteiger partial charge is 0.482 e. The zero-order valence-corrected chi connectivity index (χ0v) is 13.5. The van der Waals surface area contributed by atoms with Crippen LogP contribution in [0, 0.1) is 6.92 Å². The molecule has 0 fully saturated rings. The average molecular weight is 334 g/mol. The number of esters is 1. The second-order valence-electron chi connectivity index (χ2n) is 4.74. The molecule has 0 radical (unpaired) electrons. The number of benzene rings is 2. The van der Waals surface area contributed by atoms with Crippen LogP contribution in [0.3, 0.4) is 0 Å². The van der Waals surface area contributed by atoms with Crippen molar-refractivity contribution < 1.29 is 19.1 Å². The van der Waals surface area contributed by atoms with Crippen molar-refractivity contribution in [2.75, 3.05) is 19.0 Å². The zero-order valence-electron chi connectivity index (χ0n) is 12.8. The van der Waals surface area contributed by atoms with E-state index in [1.165, 1.54) is 7.11 Å². The van der Waals surface area contributed by atoms with Crippen LogP contribution in [0.15, 0.2) is 42.5 Å². The van der Waals surface area contributed by atoms with Crippen molar-refractivity contribution in [2.24, 2.45) is 0 Å². The quantitative estimate of drug-likeness (QED) is 0.851. The number of halogens is 1. The molecule has 1 N–H and O–H groups in total. The molecule has 6 heteroatoms. The van der Waals surface area contributed by atoms with Gasteiger partial charge in [0.1, 0.15) is 5.75 Å². The second kappa shape index (κ2) is 7.65. The number of ether oxygens (including phenoxy) is 2. The molecule has 5 nitrogen and oxygen atoms in total. The van der Waals surface area contributed by atoms with Gasteiger partial charge >= 0.3 is 5.97 Å². The molecule has 0 aliphatic rings. The maximum absolute atomic E-state index is 12.0. The Bertz CT molecular complexity index is 730. The summed E-state index contributed by atoms with van der Waals surface area (Å²) >= 11 is 5.96. The van der Waals surface area contributed by atoms with Crippen molar-refractivity contribution in [1.29, 1.82) is 0 Å². The average Bonchev–Trinajstić information content (AvgIpc) is 2.55. The van der Waals surface area contributed by atoms with E-state index in [2.05, 4.69) is 5.32 Å². The van der Waals surface area contributed by atoms with Crippen LogP contribution in [0.5, 0.6) is 5.75 Å². The first-order valence-corrected chi connectivity index (χ1v) is 7.26. The molecule has 2 aromatic carbocycles. The van der Waals surface area contributed by atoms with E-state index in [0.717, 1.165) is 0 Å². The minimum atomic E-state index is -0.453. The Balaban J connectivity index is 2.03. The lowest BCUT2D eigenvalue weighted by Gasteiger charge is -2.12. The SMILES string of the molecule is COC(=O)c1cccc(NC(=O)COc2ccccc2Cl)c1C. The fourth-order valence-electron chi connectivity index (χ4n) is 1.99. The van der Waals surface area contributed by atoms with Crippen LogP contribution >= 0.6 is 11.6 Å². The number of carbonyl (C=O) groups excluding carboxylic acids is 2. The number of anilines is 1. The van der Waals surface area contributed by atoms with E-state index >= 15 is 0 Å². The van der Waals surface area contributed by atoms with Crippen molar-refractivity contribution >= 4 is 29.2 Å². The number of rotatable bonds is 5. The van der Waals surface area contributed by atoms with Crippen molar-refractivity contribution in [3.8, 4) is 5.75 Å². The number of methoxy groups -OCH3 is 1. The first kappa shape index (κ1) is 16.8. The van der Waals surface area contributed by atoms with E-state index < -0.39 is 5.97 Å². The fraction of sp³-hybridized carbons (Fsp3) is 0.176. The zero-order chi connectivity index (χ0) is 16.8. The smallest absolute Gasteiger partial charge is 0.338 e. The first-order valence-electron chi connectivity index (χ1n) is 6.88. The monoisotopic (exact) mass is 333 g/mol. The number of nitrogens with one attached hydrogen (secondary N) is 1. The summed E-state index contributed by atoms with van der Waals surface area (Å²) in [7, 11) is 1.31. The highest BCUT2D eigenvalue weighted by Gasteiger charge is 2.13. The van der Waals surface area contributed by atoms with E-state index in [1.807, 2.05) is 0 Å². The van der Waals surface area contributed by atoms with Gasteiger partial charge in [-0.2, -0.15) is 0 Å². The molecule has 0 heterocycles. The van der Waals surface area contributed by atoms with Crippen LogP contribution in [0.4, 0.5) is 5.69 Å². The number of hydrogen-bond donors (Lipinski definition) is 1. The van der Waals surface area contributed by atoms with Crippen LogP contribution in [0.25, 0.3) is 0 Å². The molecule has 2 rings (SSSR count). The van der Waals surface area contributed by atoms with Crippen LogP contribution in [-0.2, 0) is 9.53 Å². The lowest BCUT2D eigenvalue weighted by molar-refractivity contribution is -0.118. The molecule has 0 saturated carbocycles. The fourth-order valence-corrected chi connectivity index (χ4v) is 2.18. The van der Waals surface area contributed by atoms with Gasteiger partial charge in [-0.3, -0.25) is 4.79 Å². The van der Waals surface area contributed by atoms with Crippen LogP contribution < -0.4 is 10.1 Å². The van der Waals surface area contributed by atoms with Crippen molar-refractivity contribution in [3.05, 3.63) is 58.6 Å². The van der Waals surface area contributed by atoms with Gasteiger partial charge in [0.2, 0.25) is 0 Å². The summed E-state index contributed by atoms with van der Waals surface area (Å²) in [5.41, 5.74) is 1.56. The van der Waals surface area contributed by atoms with Crippen molar-refractivity contribution in [1.82, 2.24) is 0 Å². The lowest BCUT2D eigenvalue weighted by atomic mass is 10.1. The molecule has 0 aliphatic heterocycles. The molecule has 0 aromatic heterocycles.